The molecule has 4 heterocycles. The highest BCUT2D eigenvalue weighted by Crippen LogP contribution is 2.42. The molecule has 0 saturated carbocycles. The zero-order valence-electron chi connectivity index (χ0n) is 40.9. The van der Waals surface area contributed by atoms with Gasteiger partial charge in [-0.2, -0.15) is 52.7 Å². The first kappa shape index (κ1) is 62.0. The lowest BCUT2D eigenvalue weighted by atomic mass is 9.88. The van der Waals surface area contributed by atoms with E-state index in [1.54, 1.807) is 44.2 Å². The van der Waals surface area contributed by atoms with Gasteiger partial charge in [0.2, 0.25) is 0 Å². The zero-order valence-corrected chi connectivity index (χ0v) is 43.9. The predicted molar refractivity (Wildman–Crippen MR) is 264 cm³/mol. The number of hydrogen-bond donors (Lipinski definition) is 2. The van der Waals surface area contributed by atoms with Crippen LogP contribution in [0.25, 0.3) is 0 Å². The first-order valence-electron chi connectivity index (χ1n) is 23.1. The SMILES string of the molecule is CC1(c2cc(Cl)cc(Cl)c2)CC(c2ccc(C(=O)CN3CCCN(CC(F)(F)F)C3=O)c(C(F)(F)F)c2)=NO1.CC1(c2cc(Cl)cc(Cl)c2)CC(c2ccc(C(=O)O)c(C(F)(F)F)c2)=NO1.NN1CCCN(CC(F)(F)F)C1=O. The molecular formula is C49H43Cl4F12N7O7. The highest BCUT2D eigenvalue weighted by atomic mass is 35.5. The molecule has 0 spiro atoms. The molecular weight excluding hydrogens is 1170 g/mol. The molecule has 2 fully saturated rings. The summed E-state index contributed by atoms with van der Waals surface area (Å²) in [6.07, 6.45) is -17.9. The average molecular weight is 1210 g/mol. The third kappa shape index (κ3) is 16.0. The van der Waals surface area contributed by atoms with Crippen LogP contribution >= 0.6 is 46.4 Å². The maximum absolute atomic E-state index is 14.0. The summed E-state index contributed by atoms with van der Waals surface area (Å²) in [5.41, 5.74) is -4.25. The van der Waals surface area contributed by atoms with E-state index in [4.69, 9.17) is 67.0 Å². The van der Waals surface area contributed by atoms with Gasteiger partial charge in [-0.1, -0.05) is 74.9 Å². The van der Waals surface area contributed by atoms with Crippen LogP contribution in [0.4, 0.5) is 62.3 Å². The van der Waals surface area contributed by atoms with Gasteiger partial charge in [0, 0.05) is 86.9 Å². The van der Waals surface area contributed by atoms with Crippen LogP contribution in [0, 0.1) is 0 Å². The molecule has 0 aromatic heterocycles. The number of benzene rings is 4. The van der Waals surface area contributed by atoms with Crippen LogP contribution in [0.3, 0.4) is 0 Å². The number of alkyl halides is 12. The number of rotatable bonds is 10. The van der Waals surface area contributed by atoms with Gasteiger partial charge in [-0.25, -0.2) is 20.2 Å². The van der Waals surface area contributed by atoms with E-state index in [0.29, 0.717) is 54.0 Å². The third-order valence-electron chi connectivity index (χ3n) is 12.3. The van der Waals surface area contributed by atoms with Crippen LogP contribution in [-0.4, -0.2) is 118 Å². The first-order valence-corrected chi connectivity index (χ1v) is 24.6. The van der Waals surface area contributed by atoms with Crippen molar-refractivity contribution in [1.82, 2.24) is 19.7 Å². The van der Waals surface area contributed by atoms with Crippen molar-refractivity contribution in [3.05, 3.63) is 137 Å². The van der Waals surface area contributed by atoms with E-state index in [2.05, 4.69) is 10.3 Å². The van der Waals surface area contributed by atoms with Gasteiger partial charge in [-0.3, -0.25) is 9.80 Å². The van der Waals surface area contributed by atoms with E-state index in [1.165, 1.54) is 18.2 Å². The molecule has 2 atom stereocenters. The number of carboxylic acids is 1. The van der Waals surface area contributed by atoms with E-state index in [1.807, 2.05) is 0 Å². The van der Waals surface area contributed by atoms with Crippen molar-refractivity contribution in [2.24, 2.45) is 16.2 Å². The molecule has 3 N–H and O–H groups in total. The summed E-state index contributed by atoms with van der Waals surface area (Å²) in [5.74, 6) is 2.45. The maximum atomic E-state index is 14.0. The second-order valence-electron chi connectivity index (χ2n) is 18.6. The summed E-state index contributed by atoms with van der Waals surface area (Å²) in [6, 6.07) is 13.7. The molecule has 2 unspecified atom stereocenters. The molecule has 30 heteroatoms. The molecule has 4 aliphatic rings. The lowest BCUT2D eigenvalue weighted by Gasteiger charge is -2.35. The van der Waals surface area contributed by atoms with Crippen LogP contribution in [0.1, 0.15) is 93.6 Å². The molecule has 0 aliphatic carbocycles. The highest BCUT2D eigenvalue weighted by Gasteiger charge is 2.43. The summed E-state index contributed by atoms with van der Waals surface area (Å²) < 4.78 is 156. The number of carboxylic acid groups (broad SMARTS) is 1. The van der Waals surface area contributed by atoms with E-state index in [9.17, 15) is 71.9 Å². The number of ketones is 1. The fourth-order valence-electron chi connectivity index (χ4n) is 8.54. The summed E-state index contributed by atoms with van der Waals surface area (Å²) >= 11 is 24.1. The second kappa shape index (κ2) is 23.9. The van der Waals surface area contributed by atoms with Gasteiger partial charge >= 0.3 is 42.7 Å². The Morgan fingerprint density at radius 2 is 0.962 bits per heavy atom. The standard InChI is InChI=1S/C25H21Cl2F6N3O3.C18H12Cl2F3NO3.C6H10F3N3O/c1-23(15-8-16(26)10-17(27)9-15)11-20(34-39-23)14-3-4-18(19(7-14)25(31,32)33)21(37)12-35-5-2-6-36(22(35)38)13-24(28,29)30;1-17(10-5-11(19)7-12(20)6-10)8-15(24-27-17)9-2-3-13(16(25)26)14(4-9)18(21,22)23;7-6(8,9)4-11-2-1-3-12(10)5(11)13/h3-4,7-10H,2,5-6,11-13H2,1H3;2-7H,8H2,1H3,(H,25,26);1-4,10H2. The van der Waals surface area contributed by atoms with E-state index >= 15 is 0 Å². The fourth-order valence-corrected chi connectivity index (χ4v) is 9.60. The monoisotopic (exact) mass is 1210 g/mol. The third-order valence-corrected chi connectivity index (χ3v) is 13.2. The van der Waals surface area contributed by atoms with E-state index in [-0.39, 0.29) is 61.4 Å². The normalized spacial score (nSPS) is 19.9. The van der Waals surface area contributed by atoms with Gasteiger partial charge < -0.3 is 29.5 Å². The number of halogens is 16. The maximum Gasteiger partial charge on any atom is 0.417 e. The molecule has 4 aromatic rings. The number of carbonyl (C=O) groups excluding carboxylic acids is 3. The Kier molecular flexibility index (Phi) is 18.7. The number of amides is 4. The van der Waals surface area contributed by atoms with E-state index < -0.39 is 102 Å². The molecule has 8 rings (SSSR count). The zero-order chi connectivity index (χ0) is 58.8. The number of hydrogen-bond acceptors (Lipinski definition) is 9. The van der Waals surface area contributed by atoms with Gasteiger partial charge in [0.1, 0.15) is 13.1 Å². The number of hydrazine groups is 1. The van der Waals surface area contributed by atoms with Crippen molar-refractivity contribution in [3.63, 3.8) is 0 Å². The van der Waals surface area contributed by atoms with Crippen LogP contribution in [0.5, 0.6) is 0 Å². The molecule has 4 aliphatic heterocycles. The predicted octanol–water partition coefficient (Wildman–Crippen LogP) is 13.2. The molecule has 14 nitrogen and oxygen atoms in total. The van der Waals surface area contributed by atoms with Crippen LogP contribution in [0.15, 0.2) is 83.1 Å². The Morgan fingerprint density at radius 1 is 0.582 bits per heavy atom. The quantitative estimate of drug-likeness (QED) is 0.0684. The Balaban J connectivity index is 0.000000217. The van der Waals surface area contributed by atoms with Gasteiger partial charge in [-0.15, -0.1) is 0 Å². The minimum Gasteiger partial charge on any atom is -0.478 e. The summed E-state index contributed by atoms with van der Waals surface area (Å²) in [5, 5.41) is 19.1. The number of Topliss-reactive ketones (excluding diaryl/α,β-unsaturated/α-hetero) is 1. The van der Waals surface area contributed by atoms with Crippen molar-refractivity contribution in [2.45, 2.75) is 75.4 Å². The van der Waals surface area contributed by atoms with Crippen LogP contribution in [-0.2, 0) is 33.2 Å². The average Bonchev–Trinajstić information content (AvgIpc) is 4.11. The lowest BCUT2D eigenvalue weighted by Crippen LogP contribution is -2.54. The number of carbonyl (C=O) groups is 4. The molecule has 79 heavy (non-hydrogen) atoms. The van der Waals surface area contributed by atoms with Gasteiger partial charge in [0.05, 0.1) is 34.7 Å². The first-order chi connectivity index (χ1) is 36.4. The number of nitrogens with two attached hydrogens (primary N) is 1. The Morgan fingerprint density at radius 3 is 1.37 bits per heavy atom. The van der Waals surface area contributed by atoms with Gasteiger partial charge in [0.15, 0.2) is 17.0 Å². The highest BCUT2D eigenvalue weighted by molar-refractivity contribution is 6.35. The van der Waals surface area contributed by atoms with Crippen molar-refractivity contribution < 1.29 is 86.6 Å². The largest absolute Gasteiger partial charge is 0.478 e. The molecule has 4 aromatic carbocycles. The number of aromatic carboxylic acids is 1. The van der Waals surface area contributed by atoms with Crippen LogP contribution in [0.2, 0.25) is 20.1 Å². The molecule has 0 bridgehead atoms. The molecule has 2 saturated heterocycles. The van der Waals surface area contributed by atoms with Crippen molar-refractivity contribution in [3.8, 4) is 0 Å². The van der Waals surface area contributed by atoms with Crippen molar-refractivity contribution in [2.75, 3.05) is 45.8 Å². The minimum atomic E-state index is -4.95. The molecule has 0 radical (unpaired) electrons. The van der Waals surface area contributed by atoms with Gasteiger partial charge in [0.25, 0.3) is 0 Å². The Bertz CT molecular complexity index is 3010. The van der Waals surface area contributed by atoms with Crippen molar-refractivity contribution in [1.29, 1.82) is 0 Å². The van der Waals surface area contributed by atoms with E-state index in [0.717, 1.165) is 34.2 Å². The molecule has 4 amide bonds. The smallest absolute Gasteiger partial charge is 0.417 e. The number of oxime groups is 2. The topological polar surface area (TPSA) is 171 Å². The Hall–Kier alpha value is -6.22. The fraction of sp³-hybridized carbons (Fsp3) is 0.388. The molecule has 428 valence electrons. The van der Waals surface area contributed by atoms with Crippen molar-refractivity contribution >= 4 is 81.6 Å². The number of nitrogens with zero attached hydrogens (tertiary/aromatic N) is 6. The lowest BCUT2D eigenvalue weighted by molar-refractivity contribution is -0.143. The second-order valence-corrected chi connectivity index (χ2v) is 20.3. The van der Waals surface area contributed by atoms with Crippen LogP contribution < -0.4 is 5.84 Å². The van der Waals surface area contributed by atoms with Gasteiger partial charge in [-0.05, 0) is 81.3 Å². The minimum absolute atomic E-state index is 0.0566. The summed E-state index contributed by atoms with van der Waals surface area (Å²) in [6.45, 7) is 0.0533. The summed E-state index contributed by atoms with van der Waals surface area (Å²) in [4.78, 5) is 60.5. The summed E-state index contributed by atoms with van der Waals surface area (Å²) in [7, 11) is 0. The Labute approximate surface area is 461 Å². The number of urea groups is 2.